The van der Waals surface area contributed by atoms with E-state index in [0.717, 1.165) is 5.76 Å². The zero-order valence-corrected chi connectivity index (χ0v) is 9.33. The minimum atomic E-state index is -0.263. The van der Waals surface area contributed by atoms with Gasteiger partial charge in [0.1, 0.15) is 17.3 Å². The van der Waals surface area contributed by atoms with Crippen LogP contribution in [0.2, 0.25) is 0 Å². The highest BCUT2D eigenvalue weighted by Crippen LogP contribution is 2.26. The summed E-state index contributed by atoms with van der Waals surface area (Å²) in [6.07, 6.45) is 0. The maximum atomic E-state index is 13.5. The van der Waals surface area contributed by atoms with Gasteiger partial charge in [0.05, 0.1) is 11.6 Å². The van der Waals surface area contributed by atoms with E-state index in [2.05, 4.69) is 5.32 Å². The van der Waals surface area contributed by atoms with Gasteiger partial charge in [-0.15, -0.1) is 0 Å². The summed E-state index contributed by atoms with van der Waals surface area (Å²) >= 11 is 0. The quantitative estimate of drug-likeness (QED) is 0.856. The minimum absolute atomic E-state index is 0.125. The Hall–Kier alpha value is -1.61. The lowest BCUT2D eigenvalue weighted by Gasteiger charge is -2.05. The van der Waals surface area contributed by atoms with Crippen molar-refractivity contribution in [2.75, 3.05) is 7.05 Å². The van der Waals surface area contributed by atoms with Crippen LogP contribution in [-0.2, 0) is 0 Å². The van der Waals surface area contributed by atoms with Gasteiger partial charge in [-0.25, -0.2) is 4.39 Å². The summed E-state index contributed by atoms with van der Waals surface area (Å²) in [6.45, 7) is 1.99. The molecule has 0 aliphatic heterocycles. The van der Waals surface area contributed by atoms with E-state index in [-0.39, 0.29) is 11.9 Å². The Morgan fingerprint density at radius 2 is 1.94 bits per heavy atom. The second-order valence-electron chi connectivity index (χ2n) is 3.69. The number of halogens is 1. The van der Waals surface area contributed by atoms with Gasteiger partial charge in [-0.1, -0.05) is 12.1 Å². The molecule has 0 radical (unpaired) electrons. The van der Waals surface area contributed by atoms with E-state index in [0.29, 0.717) is 11.3 Å². The summed E-state index contributed by atoms with van der Waals surface area (Å²) in [5.41, 5.74) is 0.497. The highest BCUT2D eigenvalue weighted by atomic mass is 19.1. The molecule has 16 heavy (non-hydrogen) atoms. The van der Waals surface area contributed by atoms with Crippen LogP contribution >= 0.6 is 0 Å². The number of hydrogen-bond acceptors (Lipinski definition) is 2. The Kier molecular flexibility index (Phi) is 3.06. The first kappa shape index (κ1) is 10.9. The van der Waals surface area contributed by atoms with Crippen LogP contribution in [0, 0.1) is 5.82 Å². The maximum absolute atomic E-state index is 13.5. The van der Waals surface area contributed by atoms with E-state index in [1.54, 1.807) is 24.3 Å². The largest absolute Gasteiger partial charge is 0.459 e. The van der Waals surface area contributed by atoms with E-state index >= 15 is 0 Å². The van der Waals surface area contributed by atoms with Crippen molar-refractivity contribution in [3.63, 3.8) is 0 Å². The fourth-order valence-corrected chi connectivity index (χ4v) is 1.53. The second kappa shape index (κ2) is 4.49. The smallest absolute Gasteiger partial charge is 0.137 e. The molecule has 0 bridgehead atoms. The summed E-state index contributed by atoms with van der Waals surface area (Å²) in [6, 6.07) is 10.4. The predicted octanol–water partition coefficient (Wildman–Crippen LogP) is 3.37. The number of nitrogens with one attached hydrogen (secondary N) is 1. The van der Waals surface area contributed by atoms with Gasteiger partial charge in [0.15, 0.2) is 0 Å². The maximum Gasteiger partial charge on any atom is 0.137 e. The van der Waals surface area contributed by atoms with Crippen LogP contribution in [0.5, 0.6) is 0 Å². The van der Waals surface area contributed by atoms with Crippen molar-refractivity contribution in [2.45, 2.75) is 13.0 Å². The van der Waals surface area contributed by atoms with Crippen LogP contribution in [0.1, 0.15) is 18.7 Å². The molecule has 0 saturated heterocycles. The third-order valence-corrected chi connectivity index (χ3v) is 2.63. The molecule has 0 aliphatic rings. The topological polar surface area (TPSA) is 25.2 Å². The molecule has 1 aromatic heterocycles. The molecule has 2 aromatic rings. The number of benzene rings is 1. The zero-order valence-electron chi connectivity index (χ0n) is 9.33. The number of hydrogen-bond donors (Lipinski definition) is 1. The monoisotopic (exact) mass is 219 g/mol. The Labute approximate surface area is 94.1 Å². The van der Waals surface area contributed by atoms with Crippen molar-refractivity contribution in [2.24, 2.45) is 0 Å². The minimum Gasteiger partial charge on any atom is -0.459 e. The molecule has 1 aromatic carbocycles. The lowest BCUT2D eigenvalue weighted by Crippen LogP contribution is -2.11. The molecule has 3 heteroatoms. The average molecular weight is 219 g/mol. The first-order valence-electron chi connectivity index (χ1n) is 5.24. The Morgan fingerprint density at radius 1 is 1.19 bits per heavy atom. The lowest BCUT2D eigenvalue weighted by atomic mass is 10.1. The van der Waals surface area contributed by atoms with Gasteiger partial charge in [-0.2, -0.15) is 0 Å². The van der Waals surface area contributed by atoms with Crippen LogP contribution in [-0.4, -0.2) is 7.05 Å². The van der Waals surface area contributed by atoms with Gasteiger partial charge in [0.25, 0.3) is 0 Å². The van der Waals surface area contributed by atoms with Gasteiger partial charge in [-0.05, 0) is 38.2 Å². The third kappa shape index (κ3) is 1.99. The van der Waals surface area contributed by atoms with E-state index in [1.807, 2.05) is 20.0 Å². The molecule has 1 N–H and O–H groups in total. The van der Waals surface area contributed by atoms with Crippen LogP contribution in [0.25, 0.3) is 11.3 Å². The van der Waals surface area contributed by atoms with Gasteiger partial charge in [0, 0.05) is 0 Å². The number of furan rings is 1. The third-order valence-electron chi connectivity index (χ3n) is 2.63. The molecule has 2 nitrogen and oxygen atoms in total. The molecule has 84 valence electrons. The molecule has 1 heterocycles. The molecule has 0 aliphatic carbocycles. The predicted molar refractivity (Wildman–Crippen MR) is 61.6 cm³/mol. The molecule has 0 spiro atoms. The average Bonchev–Trinajstić information content (AvgIpc) is 2.78. The molecular formula is C13H14FNO. The van der Waals surface area contributed by atoms with Crippen LogP contribution in [0.3, 0.4) is 0 Å². The highest BCUT2D eigenvalue weighted by Gasteiger charge is 2.11. The number of rotatable bonds is 3. The van der Waals surface area contributed by atoms with Gasteiger partial charge in [-0.3, -0.25) is 0 Å². The van der Waals surface area contributed by atoms with Gasteiger partial charge < -0.3 is 9.73 Å². The van der Waals surface area contributed by atoms with Crippen molar-refractivity contribution in [3.05, 3.63) is 48.0 Å². The molecule has 0 amide bonds. The van der Waals surface area contributed by atoms with Gasteiger partial charge in [0.2, 0.25) is 0 Å². The first-order valence-corrected chi connectivity index (χ1v) is 5.24. The molecule has 1 unspecified atom stereocenters. The standard InChI is InChI=1S/C13H14FNO/c1-9(15-2)12-7-8-13(16-12)10-5-3-4-6-11(10)14/h3-9,15H,1-2H3. The SMILES string of the molecule is CNC(C)c1ccc(-c2ccccc2F)o1. The summed E-state index contributed by atoms with van der Waals surface area (Å²) in [5.74, 6) is 1.11. The molecule has 0 saturated carbocycles. The van der Waals surface area contributed by atoms with Crippen molar-refractivity contribution in [1.29, 1.82) is 0 Å². The van der Waals surface area contributed by atoms with E-state index < -0.39 is 0 Å². The van der Waals surface area contributed by atoms with Crippen molar-refractivity contribution in [3.8, 4) is 11.3 Å². The summed E-state index contributed by atoms with van der Waals surface area (Å²) in [4.78, 5) is 0. The molecule has 1 atom stereocenters. The Morgan fingerprint density at radius 3 is 2.62 bits per heavy atom. The van der Waals surface area contributed by atoms with Gasteiger partial charge >= 0.3 is 0 Å². The lowest BCUT2D eigenvalue weighted by molar-refractivity contribution is 0.456. The van der Waals surface area contributed by atoms with Crippen LogP contribution in [0.15, 0.2) is 40.8 Å². The molecule has 0 fully saturated rings. The summed E-state index contributed by atoms with van der Waals surface area (Å²) in [5, 5.41) is 3.07. The van der Waals surface area contributed by atoms with E-state index in [1.165, 1.54) is 6.07 Å². The fraction of sp³-hybridized carbons (Fsp3) is 0.231. The van der Waals surface area contributed by atoms with Crippen LogP contribution in [0.4, 0.5) is 4.39 Å². The van der Waals surface area contributed by atoms with Crippen molar-refractivity contribution >= 4 is 0 Å². The van der Waals surface area contributed by atoms with Crippen LogP contribution < -0.4 is 5.32 Å². The Balaban J connectivity index is 2.35. The highest BCUT2D eigenvalue weighted by molar-refractivity contribution is 5.58. The van der Waals surface area contributed by atoms with E-state index in [9.17, 15) is 4.39 Å². The summed E-state index contributed by atoms with van der Waals surface area (Å²) in [7, 11) is 1.86. The summed E-state index contributed by atoms with van der Waals surface area (Å²) < 4.78 is 19.1. The Bertz CT molecular complexity index is 478. The van der Waals surface area contributed by atoms with E-state index in [4.69, 9.17) is 4.42 Å². The zero-order chi connectivity index (χ0) is 11.5. The molecule has 2 rings (SSSR count). The first-order chi connectivity index (χ1) is 7.72. The van der Waals surface area contributed by atoms with Crippen molar-refractivity contribution < 1.29 is 8.81 Å². The van der Waals surface area contributed by atoms with Crippen molar-refractivity contribution in [1.82, 2.24) is 5.32 Å². The fourth-order valence-electron chi connectivity index (χ4n) is 1.53. The normalized spacial score (nSPS) is 12.7. The second-order valence-corrected chi connectivity index (χ2v) is 3.69. The molecular weight excluding hydrogens is 205 g/mol.